The van der Waals surface area contributed by atoms with Crippen LogP contribution in [-0.2, 0) is 6.54 Å². The molecule has 1 heterocycles. The molecule has 0 saturated heterocycles. The van der Waals surface area contributed by atoms with E-state index in [1.807, 2.05) is 6.20 Å². The van der Waals surface area contributed by atoms with Crippen LogP contribution in [-0.4, -0.2) is 16.1 Å². The highest BCUT2D eigenvalue weighted by atomic mass is 15.2. The van der Waals surface area contributed by atoms with Gasteiger partial charge in [0.25, 0.3) is 0 Å². The van der Waals surface area contributed by atoms with Gasteiger partial charge in [0, 0.05) is 25.5 Å². The van der Waals surface area contributed by atoms with Crippen molar-refractivity contribution >= 4 is 5.95 Å². The quantitative estimate of drug-likeness (QED) is 0.844. The summed E-state index contributed by atoms with van der Waals surface area (Å²) in [6.07, 6.45) is 9.94. The lowest BCUT2D eigenvalue weighted by molar-refractivity contribution is 0.297. The van der Waals surface area contributed by atoms with Gasteiger partial charge in [-0.3, -0.25) is 0 Å². The third kappa shape index (κ3) is 1.72. The van der Waals surface area contributed by atoms with E-state index in [2.05, 4.69) is 28.0 Å². The van der Waals surface area contributed by atoms with Crippen LogP contribution in [0.3, 0.4) is 0 Å². The Labute approximate surface area is 97.3 Å². The van der Waals surface area contributed by atoms with Gasteiger partial charge in [-0.05, 0) is 43.9 Å². The second-order valence-electron chi connectivity index (χ2n) is 5.37. The zero-order valence-corrected chi connectivity index (χ0v) is 10.0. The first-order valence-corrected chi connectivity index (χ1v) is 6.61. The van der Waals surface area contributed by atoms with Gasteiger partial charge in [0.05, 0.1) is 0 Å². The molecule has 88 valence electrons. The minimum absolute atomic E-state index is 0.908. The molecule has 0 amide bonds. The molecule has 0 radical (unpaired) electrons. The van der Waals surface area contributed by atoms with Gasteiger partial charge in [-0.25, -0.2) is 4.98 Å². The van der Waals surface area contributed by atoms with Gasteiger partial charge in [-0.15, -0.1) is 0 Å². The Morgan fingerprint density at radius 2 is 2.38 bits per heavy atom. The van der Waals surface area contributed by atoms with E-state index in [9.17, 15) is 0 Å². The molecule has 2 aliphatic rings. The monoisotopic (exact) mass is 219 g/mol. The van der Waals surface area contributed by atoms with Crippen LogP contribution in [0.2, 0.25) is 0 Å². The largest absolute Gasteiger partial charge is 0.356 e. The molecule has 3 unspecified atom stereocenters. The Bertz CT molecular complexity index is 358. The molecule has 2 fully saturated rings. The number of hydrogen-bond donors (Lipinski definition) is 1. The standard InChI is InChI=1S/C13H21N3/c1-2-14-13-15-5-6-16(13)9-12-8-10-3-4-11(12)7-10/h5-6,10-12H,2-4,7-9H2,1H3,(H,14,15). The molecule has 1 N–H and O–H groups in total. The van der Waals surface area contributed by atoms with Crippen molar-refractivity contribution in [3.05, 3.63) is 12.4 Å². The predicted octanol–water partition coefficient (Wildman–Crippen LogP) is 2.75. The molecule has 2 saturated carbocycles. The van der Waals surface area contributed by atoms with Crippen molar-refractivity contribution < 1.29 is 0 Å². The third-order valence-corrected chi connectivity index (χ3v) is 4.37. The van der Waals surface area contributed by atoms with E-state index in [1.165, 1.54) is 32.2 Å². The second kappa shape index (κ2) is 4.11. The molecular weight excluding hydrogens is 198 g/mol. The Balaban J connectivity index is 1.67. The summed E-state index contributed by atoms with van der Waals surface area (Å²) >= 11 is 0. The van der Waals surface area contributed by atoms with Crippen molar-refractivity contribution in [1.29, 1.82) is 0 Å². The Morgan fingerprint density at radius 1 is 1.44 bits per heavy atom. The molecule has 0 aliphatic heterocycles. The van der Waals surface area contributed by atoms with Gasteiger partial charge < -0.3 is 9.88 Å². The van der Waals surface area contributed by atoms with Crippen LogP contribution < -0.4 is 5.32 Å². The number of nitrogens with one attached hydrogen (secondary N) is 1. The normalized spacial score (nSPS) is 32.2. The van der Waals surface area contributed by atoms with Crippen molar-refractivity contribution in [1.82, 2.24) is 9.55 Å². The van der Waals surface area contributed by atoms with Gasteiger partial charge in [-0.1, -0.05) is 6.42 Å². The van der Waals surface area contributed by atoms with Crippen LogP contribution in [0.5, 0.6) is 0 Å². The highest BCUT2D eigenvalue weighted by Gasteiger charge is 2.39. The zero-order chi connectivity index (χ0) is 11.0. The summed E-state index contributed by atoms with van der Waals surface area (Å²) in [5, 5.41) is 3.33. The van der Waals surface area contributed by atoms with Gasteiger partial charge in [0.1, 0.15) is 0 Å². The van der Waals surface area contributed by atoms with Crippen molar-refractivity contribution in [2.24, 2.45) is 17.8 Å². The minimum Gasteiger partial charge on any atom is -0.356 e. The summed E-state index contributed by atoms with van der Waals surface area (Å²) in [7, 11) is 0. The molecule has 2 bridgehead atoms. The summed E-state index contributed by atoms with van der Waals surface area (Å²) in [6, 6.07) is 0. The molecule has 0 aromatic carbocycles. The lowest BCUT2D eigenvalue weighted by Gasteiger charge is -2.22. The Morgan fingerprint density at radius 3 is 3.06 bits per heavy atom. The maximum absolute atomic E-state index is 4.36. The fourth-order valence-electron chi connectivity index (χ4n) is 3.63. The summed E-state index contributed by atoms with van der Waals surface area (Å²) < 4.78 is 2.30. The van der Waals surface area contributed by atoms with Crippen LogP contribution in [0.25, 0.3) is 0 Å². The molecule has 1 aromatic heterocycles. The lowest BCUT2D eigenvalue weighted by Crippen LogP contribution is -2.18. The molecule has 2 aliphatic carbocycles. The predicted molar refractivity (Wildman–Crippen MR) is 65.3 cm³/mol. The number of rotatable bonds is 4. The van der Waals surface area contributed by atoms with E-state index in [4.69, 9.17) is 0 Å². The molecule has 3 rings (SSSR count). The van der Waals surface area contributed by atoms with Crippen LogP contribution in [0, 0.1) is 17.8 Å². The minimum atomic E-state index is 0.908. The number of imidazole rings is 1. The molecule has 1 aromatic rings. The fraction of sp³-hybridized carbons (Fsp3) is 0.769. The zero-order valence-electron chi connectivity index (χ0n) is 10.0. The van der Waals surface area contributed by atoms with E-state index in [-0.39, 0.29) is 0 Å². The average Bonchev–Trinajstić information content (AvgIpc) is 2.96. The highest BCUT2D eigenvalue weighted by molar-refractivity contribution is 5.25. The summed E-state index contributed by atoms with van der Waals surface area (Å²) in [5.74, 6) is 4.00. The molecule has 3 atom stereocenters. The SMILES string of the molecule is CCNc1nccn1CC1CC2CCC1C2. The molecule has 3 heteroatoms. The van der Waals surface area contributed by atoms with Crippen LogP contribution >= 0.6 is 0 Å². The molecule has 3 nitrogen and oxygen atoms in total. The van der Waals surface area contributed by atoms with Gasteiger partial charge >= 0.3 is 0 Å². The Hall–Kier alpha value is -0.990. The van der Waals surface area contributed by atoms with E-state index >= 15 is 0 Å². The molecule has 0 spiro atoms. The van der Waals surface area contributed by atoms with E-state index in [0.29, 0.717) is 0 Å². The number of fused-ring (bicyclic) bond motifs is 2. The van der Waals surface area contributed by atoms with Crippen LogP contribution in [0.1, 0.15) is 32.6 Å². The summed E-state index contributed by atoms with van der Waals surface area (Å²) in [5.41, 5.74) is 0. The number of aromatic nitrogens is 2. The molecule has 16 heavy (non-hydrogen) atoms. The third-order valence-electron chi connectivity index (χ3n) is 4.37. The van der Waals surface area contributed by atoms with Crippen LogP contribution in [0.4, 0.5) is 5.95 Å². The van der Waals surface area contributed by atoms with E-state index in [1.54, 1.807) is 0 Å². The number of nitrogens with zero attached hydrogens (tertiary/aromatic N) is 2. The topological polar surface area (TPSA) is 29.9 Å². The number of anilines is 1. The smallest absolute Gasteiger partial charge is 0.202 e. The maximum atomic E-state index is 4.36. The lowest BCUT2D eigenvalue weighted by atomic mass is 9.89. The second-order valence-corrected chi connectivity index (χ2v) is 5.37. The van der Waals surface area contributed by atoms with Crippen molar-refractivity contribution in [3.8, 4) is 0 Å². The first-order chi connectivity index (χ1) is 7.86. The number of hydrogen-bond acceptors (Lipinski definition) is 2. The van der Waals surface area contributed by atoms with Gasteiger partial charge in [0.2, 0.25) is 5.95 Å². The van der Waals surface area contributed by atoms with Gasteiger partial charge in [-0.2, -0.15) is 0 Å². The first kappa shape index (κ1) is 10.2. The van der Waals surface area contributed by atoms with Crippen molar-refractivity contribution in [2.45, 2.75) is 39.2 Å². The highest BCUT2D eigenvalue weighted by Crippen LogP contribution is 2.48. The summed E-state index contributed by atoms with van der Waals surface area (Å²) in [6.45, 7) is 4.24. The van der Waals surface area contributed by atoms with Crippen molar-refractivity contribution in [3.63, 3.8) is 0 Å². The fourth-order valence-corrected chi connectivity index (χ4v) is 3.63. The summed E-state index contributed by atoms with van der Waals surface area (Å²) in [4.78, 5) is 4.36. The van der Waals surface area contributed by atoms with Gasteiger partial charge in [0.15, 0.2) is 0 Å². The average molecular weight is 219 g/mol. The molecular formula is C13H21N3. The van der Waals surface area contributed by atoms with Crippen LogP contribution in [0.15, 0.2) is 12.4 Å². The van der Waals surface area contributed by atoms with E-state index < -0.39 is 0 Å². The Kier molecular flexibility index (Phi) is 2.62. The van der Waals surface area contributed by atoms with Crippen molar-refractivity contribution in [2.75, 3.05) is 11.9 Å². The van der Waals surface area contributed by atoms with E-state index in [0.717, 1.165) is 30.2 Å². The maximum Gasteiger partial charge on any atom is 0.202 e. The first-order valence-electron chi connectivity index (χ1n) is 6.61.